The molecule has 1 saturated heterocycles. The first-order chi connectivity index (χ1) is 5.18. The summed E-state index contributed by atoms with van der Waals surface area (Å²) in [7, 11) is 0. The molecule has 1 aliphatic rings. The van der Waals surface area contributed by atoms with Gasteiger partial charge in [0.25, 0.3) is 0 Å². The van der Waals surface area contributed by atoms with E-state index in [0.29, 0.717) is 6.42 Å². The lowest BCUT2D eigenvalue weighted by atomic mass is 9.99. The summed E-state index contributed by atoms with van der Waals surface area (Å²) in [5.74, 6) is 0. The largest absolute Gasteiger partial charge is 0.314 e. The first-order valence-electron chi connectivity index (χ1n) is 3.52. The second-order valence-electron chi connectivity index (χ2n) is 2.75. The zero-order valence-electron chi connectivity index (χ0n) is 6.42. The van der Waals surface area contributed by atoms with Crippen LogP contribution in [-0.4, -0.2) is 29.2 Å². The van der Waals surface area contributed by atoms with Crippen molar-refractivity contribution >= 4 is 23.2 Å². The Kier molecular flexibility index (Phi) is 2.67. The molecule has 0 amide bonds. The second-order valence-corrected chi connectivity index (χ2v) is 4.40. The Morgan fingerprint density at radius 3 is 2.64 bits per heavy atom. The summed E-state index contributed by atoms with van der Waals surface area (Å²) in [6, 6.07) is 0. The number of hydrogen-bond donors (Lipinski definition) is 1. The van der Waals surface area contributed by atoms with Crippen LogP contribution in [0.1, 0.15) is 13.3 Å². The standard InChI is InChI=1S/C7H11NO2S/c1-6(10)11-7(2-3-9)4-8-5-7/h3,8H,2,4-5H2,1H3. The van der Waals surface area contributed by atoms with Crippen molar-refractivity contribution in [1.82, 2.24) is 5.32 Å². The predicted octanol–water partition coefficient (Wildman–Crippen LogP) is 0.197. The molecule has 0 bridgehead atoms. The highest BCUT2D eigenvalue weighted by Crippen LogP contribution is 2.32. The van der Waals surface area contributed by atoms with Crippen molar-refractivity contribution in [2.75, 3.05) is 13.1 Å². The first-order valence-corrected chi connectivity index (χ1v) is 4.34. The van der Waals surface area contributed by atoms with Crippen LogP contribution in [0.3, 0.4) is 0 Å². The van der Waals surface area contributed by atoms with E-state index < -0.39 is 0 Å². The molecule has 0 aliphatic carbocycles. The van der Waals surface area contributed by atoms with Crippen LogP contribution in [0.2, 0.25) is 0 Å². The van der Waals surface area contributed by atoms with Crippen LogP contribution in [0.4, 0.5) is 0 Å². The minimum absolute atomic E-state index is 0.0911. The lowest BCUT2D eigenvalue weighted by Crippen LogP contribution is -2.57. The van der Waals surface area contributed by atoms with Gasteiger partial charge in [0.2, 0.25) is 0 Å². The molecule has 0 radical (unpaired) electrons. The minimum atomic E-state index is -0.117. The predicted molar refractivity (Wildman–Crippen MR) is 44.6 cm³/mol. The highest BCUT2D eigenvalue weighted by Gasteiger charge is 2.38. The van der Waals surface area contributed by atoms with Crippen molar-refractivity contribution in [3.05, 3.63) is 0 Å². The van der Waals surface area contributed by atoms with Gasteiger partial charge in [-0.1, -0.05) is 11.8 Å². The van der Waals surface area contributed by atoms with E-state index in [1.807, 2.05) is 0 Å². The maximum atomic E-state index is 10.7. The summed E-state index contributed by atoms with van der Waals surface area (Å²) in [6.07, 6.45) is 1.36. The van der Waals surface area contributed by atoms with E-state index in [9.17, 15) is 9.59 Å². The Bertz CT molecular complexity index is 177. The Morgan fingerprint density at radius 2 is 2.36 bits per heavy atom. The van der Waals surface area contributed by atoms with Gasteiger partial charge >= 0.3 is 0 Å². The number of aldehydes is 1. The Hall–Kier alpha value is -0.350. The number of carbonyl (C=O) groups excluding carboxylic acids is 2. The molecule has 0 aromatic carbocycles. The fourth-order valence-corrected chi connectivity index (χ4v) is 2.23. The van der Waals surface area contributed by atoms with Gasteiger partial charge in [-0.2, -0.15) is 0 Å². The fraction of sp³-hybridized carbons (Fsp3) is 0.714. The summed E-state index contributed by atoms with van der Waals surface area (Å²) in [5, 5.41) is 3.15. The van der Waals surface area contributed by atoms with Gasteiger partial charge in [0.15, 0.2) is 5.12 Å². The van der Waals surface area contributed by atoms with Crippen LogP contribution in [0, 0.1) is 0 Å². The highest BCUT2D eigenvalue weighted by atomic mass is 32.2. The van der Waals surface area contributed by atoms with Gasteiger partial charge < -0.3 is 10.1 Å². The van der Waals surface area contributed by atoms with Gasteiger partial charge in [0, 0.05) is 26.4 Å². The molecule has 1 heterocycles. The normalized spacial score (nSPS) is 20.5. The third-order valence-electron chi connectivity index (χ3n) is 1.71. The van der Waals surface area contributed by atoms with Gasteiger partial charge in [0.1, 0.15) is 6.29 Å². The monoisotopic (exact) mass is 173 g/mol. The van der Waals surface area contributed by atoms with Crippen LogP contribution >= 0.6 is 11.8 Å². The quantitative estimate of drug-likeness (QED) is 0.619. The summed E-state index contributed by atoms with van der Waals surface area (Å²) in [5.41, 5.74) is 0. The van der Waals surface area contributed by atoms with E-state index >= 15 is 0 Å². The molecule has 1 rings (SSSR count). The molecule has 0 spiro atoms. The van der Waals surface area contributed by atoms with Crippen molar-refractivity contribution in [3.8, 4) is 0 Å². The maximum absolute atomic E-state index is 10.7. The van der Waals surface area contributed by atoms with E-state index in [0.717, 1.165) is 19.4 Å². The van der Waals surface area contributed by atoms with E-state index in [1.54, 1.807) is 0 Å². The number of carbonyl (C=O) groups is 2. The molecule has 11 heavy (non-hydrogen) atoms. The van der Waals surface area contributed by atoms with Gasteiger partial charge in [-0.05, 0) is 0 Å². The molecule has 0 unspecified atom stereocenters. The van der Waals surface area contributed by atoms with Crippen molar-refractivity contribution < 1.29 is 9.59 Å². The van der Waals surface area contributed by atoms with Gasteiger partial charge in [-0.25, -0.2) is 0 Å². The molecule has 0 aromatic rings. The fourth-order valence-electron chi connectivity index (χ4n) is 1.12. The van der Waals surface area contributed by atoms with Gasteiger partial charge in [0.05, 0.1) is 4.75 Å². The van der Waals surface area contributed by atoms with E-state index in [2.05, 4.69) is 5.32 Å². The van der Waals surface area contributed by atoms with Crippen LogP contribution in [0.5, 0.6) is 0 Å². The second kappa shape index (κ2) is 3.36. The molecular formula is C7H11NO2S. The molecular weight excluding hydrogens is 162 g/mol. The molecule has 1 aliphatic heterocycles. The highest BCUT2D eigenvalue weighted by molar-refractivity contribution is 8.14. The Balaban J connectivity index is 2.45. The molecule has 0 aromatic heterocycles. The first kappa shape index (κ1) is 8.74. The third-order valence-corrected chi connectivity index (χ3v) is 2.89. The molecule has 1 fully saturated rings. The van der Waals surface area contributed by atoms with Crippen LogP contribution in [0.15, 0.2) is 0 Å². The summed E-state index contributed by atoms with van der Waals surface area (Å²) < 4.78 is -0.117. The van der Waals surface area contributed by atoms with E-state index in [4.69, 9.17) is 0 Å². The summed E-state index contributed by atoms with van der Waals surface area (Å²) in [4.78, 5) is 21.0. The van der Waals surface area contributed by atoms with Gasteiger partial charge in [-0.3, -0.25) is 4.79 Å². The molecule has 4 heteroatoms. The Labute approximate surface area is 69.9 Å². The lowest BCUT2D eigenvalue weighted by Gasteiger charge is -2.39. The molecule has 1 N–H and O–H groups in total. The number of nitrogens with one attached hydrogen (secondary N) is 1. The number of rotatable bonds is 3. The van der Waals surface area contributed by atoms with E-state index in [1.165, 1.54) is 18.7 Å². The lowest BCUT2D eigenvalue weighted by molar-refractivity contribution is -0.109. The van der Waals surface area contributed by atoms with E-state index in [-0.39, 0.29) is 9.86 Å². The number of thioether (sulfide) groups is 1. The van der Waals surface area contributed by atoms with Crippen LogP contribution in [-0.2, 0) is 9.59 Å². The molecule has 3 nitrogen and oxygen atoms in total. The molecule has 0 atom stereocenters. The SMILES string of the molecule is CC(=O)SC1(CC=O)CNC1. The maximum Gasteiger partial charge on any atom is 0.186 e. The zero-order chi connectivity index (χ0) is 8.32. The van der Waals surface area contributed by atoms with Crippen molar-refractivity contribution in [3.63, 3.8) is 0 Å². The van der Waals surface area contributed by atoms with Crippen molar-refractivity contribution in [2.45, 2.75) is 18.1 Å². The zero-order valence-corrected chi connectivity index (χ0v) is 7.24. The third kappa shape index (κ3) is 2.04. The summed E-state index contributed by atoms with van der Waals surface area (Å²) in [6.45, 7) is 3.08. The average molecular weight is 173 g/mol. The topological polar surface area (TPSA) is 46.2 Å². The summed E-state index contributed by atoms with van der Waals surface area (Å²) >= 11 is 1.28. The Morgan fingerprint density at radius 1 is 1.73 bits per heavy atom. The average Bonchev–Trinajstić information content (AvgIpc) is 1.82. The van der Waals surface area contributed by atoms with Crippen LogP contribution < -0.4 is 5.32 Å². The van der Waals surface area contributed by atoms with Crippen LogP contribution in [0.25, 0.3) is 0 Å². The molecule has 62 valence electrons. The molecule has 0 saturated carbocycles. The number of hydrogen-bond acceptors (Lipinski definition) is 4. The minimum Gasteiger partial charge on any atom is -0.314 e. The van der Waals surface area contributed by atoms with Gasteiger partial charge in [-0.15, -0.1) is 0 Å². The van der Waals surface area contributed by atoms with Crippen molar-refractivity contribution in [2.24, 2.45) is 0 Å². The smallest absolute Gasteiger partial charge is 0.186 e. The van der Waals surface area contributed by atoms with Crippen molar-refractivity contribution in [1.29, 1.82) is 0 Å².